The lowest BCUT2D eigenvalue weighted by Gasteiger charge is -2.24. The Morgan fingerprint density at radius 1 is 1.32 bits per heavy atom. The quantitative estimate of drug-likeness (QED) is 0.833. The summed E-state index contributed by atoms with van der Waals surface area (Å²) in [5.41, 5.74) is 4.44. The minimum Gasteiger partial charge on any atom is -0.385 e. The number of hydrogen-bond acceptors (Lipinski definition) is 3. The molecule has 0 aromatic heterocycles. The predicted octanol–water partition coefficient (Wildman–Crippen LogP) is 3.79. The monoisotopic (exact) mass is 258 g/mol. The lowest BCUT2D eigenvalue weighted by atomic mass is 9.90. The zero-order valence-corrected chi connectivity index (χ0v) is 11.8. The molecule has 3 rings (SSSR count). The van der Waals surface area contributed by atoms with Gasteiger partial charge in [-0.05, 0) is 43.4 Å². The van der Waals surface area contributed by atoms with Crippen molar-refractivity contribution in [1.29, 1.82) is 5.26 Å². The summed E-state index contributed by atoms with van der Waals surface area (Å²) in [4.78, 5) is 0. The number of fused-ring (bicyclic) bond motifs is 1. The third kappa shape index (κ3) is 2.74. The molecule has 19 heavy (non-hydrogen) atoms. The molecule has 1 unspecified atom stereocenters. The van der Waals surface area contributed by atoms with Gasteiger partial charge in [0.25, 0.3) is 0 Å². The van der Waals surface area contributed by atoms with Crippen LogP contribution in [0.1, 0.15) is 55.9 Å². The molecule has 0 radical (unpaired) electrons. The second-order valence-electron chi connectivity index (χ2n) is 4.70. The largest absolute Gasteiger partial charge is 0.385 e. The predicted molar refractivity (Wildman–Crippen MR) is 77.2 cm³/mol. The molecule has 1 aromatic rings. The van der Waals surface area contributed by atoms with Crippen LogP contribution in [0, 0.1) is 11.3 Å². The summed E-state index contributed by atoms with van der Waals surface area (Å²) in [6.45, 7) is 5.86. The van der Waals surface area contributed by atoms with Crippen molar-refractivity contribution in [3.05, 3.63) is 28.8 Å². The van der Waals surface area contributed by atoms with E-state index in [0.29, 0.717) is 0 Å². The van der Waals surface area contributed by atoms with Crippen molar-refractivity contribution in [3.8, 4) is 6.07 Å². The van der Waals surface area contributed by atoms with E-state index in [-0.39, 0.29) is 6.10 Å². The number of nitrogens with zero attached hydrogens (tertiary/aromatic N) is 1. The molecule has 2 aliphatic rings. The second-order valence-corrected chi connectivity index (χ2v) is 4.70. The van der Waals surface area contributed by atoms with Crippen LogP contribution in [0.2, 0.25) is 0 Å². The van der Waals surface area contributed by atoms with Gasteiger partial charge in [-0.1, -0.05) is 13.8 Å². The number of ether oxygens (including phenoxy) is 1. The molecule has 0 saturated carbocycles. The molecule has 0 amide bonds. The van der Waals surface area contributed by atoms with Gasteiger partial charge in [0.1, 0.15) is 0 Å². The highest BCUT2D eigenvalue weighted by Gasteiger charge is 2.26. The van der Waals surface area contributed by atoms with Crippen molar-refractivity contribution in [2.45, 2.75) is 45.6 Å². The number of benzene rings is 1. The third-order valence-corrected chi connectivity index (χ3v) is 3.65. The molecule has 1 fully saturated rings. The maximum atomic E-state index is 9.25. The Hall–Kier alpha value is -1.53. The van der Waals surface area contributed by atoms with Crippen molar-refractivity contribution in [2.24, 2.45) is 0 Å². The number of anilines is 1. The van der Waals surface area contributed by atoms with E-state index in [1.54, 1.807) is 0 Å². The molecule has 1 saturated heterocycles. The fraction of sp³-hybridized carbons (Fsp3) is 0.562. The van der Waals surface area contributed by atoms with Gasteiger partial charge in [0.05, 0.1) is 17.7 Å². The highest BCUT2D eigenvalue weighted by atomic mass is 16.5. The zero-order valence-electron chi connectivity index (χ0n) is 11.8. The Bertz CT molecular complexity index is 470. The first kappa shape index (κ1) is 13.9. The van der Waals surface area contributed by atoms with Crippen LogP contribution in [0.3, 0.4) is 0 Å². The van der Waals surface area contributed by atoms with Crippen molar-refractivity contribution in [1.82, 2.24) is 0 Å². The summed E-state index contributed by atoms with van der Waals surface area (Å²) >= 11 is 0. The van der Waals surface area contributed by atoms with Gasteiger partial charge in [-0.15, -0.1) is 0 Å². The highest BCUT2D eigenvalue weighted by molar-refractivity contribution is 5.61. The topological polar surface area (TPSA) is 45.0 Å². The molecule has 3 nitrogen and oxygen atoms in total. The van der Waals surface area contributed by atoms with Crippen LogP contribution in [0.15, 0.2) is 12.1 Å². The average Bonchev–Trinajstić information content (AvgIpc) is 3.02. The fourth-order valence-corrected chi connectivity index (χ4v) is 2.86. The minimum absolute atomic E-state index is 0.138. The second kappa shape index (κ2) is 6.58. The number of nitrogens with one attached hydrogen (secondary N) is 1. The first-order chi connectivity index (χ1) is 9.40. The normalized spacial score (nSPS) is 20.6. The van der Waals surface area contributed by atoms with E-state index in [0.717, 1.165) is 50.0 Å². The average molecular weight is 258 g/mol. The Labute approximate surface area is 115 Å². The van der Waals surface area contributed by atoms with E-state index < -0.39 is 0 Å². The molecule has 0 spiro atoms. The van der Waals surface area contributed by atoms with Gasteiger partial charge in [-0.25, -0.2) is 0 Å². The van der Waals surface area contributed by atoms with E-state index in [4.69, 9.17) is 4.74 Å². The van der Waals surface area contributed by atoms with Gasteiger partial charge < -0.3 is 10.1 Å². The van der Waals surface area contributed by atoms with Crippen molar-refractivity contribution in [3.63, 3.8) is 0 Å². The van der Waals surface area contributed by atoms with Crippen LogP contribution in [0.4, 0.5) is 5.69 Å². The SMILES string of the molecule is CC.N#Cc1ccc2c(c1C1CCCO1)CCCN2. The molecule has 2 heterocycles. The van der Waals surface area contributed by atoms with Gasteiger partial charge in [0.15, 0.2) is 0 Å². The molecular weight excluding hydrogens is 236 g/mol. The Kier molecular flexibility index (Phi) is 4.81. The van der Waals surface area contributed by atoms with E-state index in [1.165, 1.54) is 11.3 Å². The molecule has 2 aliphatic heterocycles. The Morgan fingerprint density at radius 2 is 2.16 bits per heavy atom. The lowest BCUT2D eigenvalue weighted by Crippen LogP contribution is -2.16. The van der Waals surface area contributed by atoms with Gasteiger partial charge in [-0.2, -0.15) is 5.26 Å². The zero-order chi connectivity index (χ0) is 13.7. The first-order valence-corrected chi connectivity index (χ1v) is 7.31. The van der Waals surface area contributed by atoms with Crippen LogP contribution in [-0.2, 0) is 11.2 Å². The highest BCUT2D eigenvalue weighted by Crippen LogP contribution is 2.37. The molecule has 102 valence electrons. The summed E-state index contributed by atoms with van der Waals surface area (Å²) in [7, 11) is 0. The standard InChI is InChI=1S/C14H16N2O.C2H6/c15-9-10-5-6-12-11(3-1-7-16-12)14(10)13-4-2-8-17-13;1-2/h5-6,13,16H,1-4,7-8H2;1-2H3. The van der Waals surface area contributed by atoms with Crippen molar-refractivity contribution >= 4 is 5.69 Å². The van der Waals surface area contributed by atoms with Gasteiger partial charge in [0.2, 0.25) is 0 Å². The Balaban J connectivity index is 0.000000637. The minimum atomic E-state index is 0.138. The molecule has 1 aromatic carbocycles. The maximum absolute atomic E-state index is 9.25. The van der Waals surface area contributed by atoms with Crippen LogP contribution in [0.25, 0.3) is 0 Å². The van der Waals surface area contributed by atoms with Gasteiger partial charge in [0, 0.05) is 24.4 Å². The van der Waals surface area contributed by atoms with Gasteiger partial charge >= 0.3 is 0 Å². The van der Waals surface area contributed by atoms with E-state index in [1.807, 2.05) is 26.0 Å². The molecule has 0 aliphatic carbocycles. The molecular formula is C16H22N2O. The van der Waals surface area contributed by atoms with E-state index in [2.05, 4.69) is 11.4 Å². The first-order valence-electron chi connectivity index (χ1n) is 7.31. The smallest absolute Gasteiger partial charge is 0.0995 e. The van der Waals surface area contributed by atoms with Crippen LogP contribution in [0.5, 0.6) is 0 Å². The summed E-state index contributed by atoms with van der Waals surface area (Å²) in [6, 6.07) is 6.27. The maximum Gasteiger partial charge on any atom is 0.0995 e. The third-order valence-electron chi connectivity index (χ3n) is 3.65. The van der Waals surface area contributed by atoms with Crippen molar-refractivity contribution < 1.29 is 4.74 Å². The number of nitriles is 1. The van der Waals surface area contributed by atoms with Crippen LogP contribution >= 0.6 is 0 Å². The Morgan fingerprint density at radius 3 is 2.84 bits per heavy atom. The molecule has 1 atom stereocenters. The summed E-state index contributed by atoms with van der Waals surface area (Å²) in [6.07, 6.45) is 4.49. The van der Waals surface area contributed by atoms with E-state index in [9.17, 15) is 5.26 Å². The van der Waals surface area contributed by atoms with Crippen LogP contribution < -0.4 is 5.32 Å². The molecule has 1 N–H and O–H groups in total. The van der Waals surface area contributed by atoms with Gasteiger partial charge in [-0.3, -0.25) is 0 Å². The summed E-state index contributed by atoms with van der Waals surface area (Å²) in [5, 5.41) is 12.7. The van der Waals surface area contributed by atoms with Crippen LogP contribution in [-0.4, -0.2) is 13.2 Å². The number of rotatable bonds is 1. The van der Waals surface area contributed by atoms with Crippen molar-refractivity contribution in [2.75, 3.05) is 18.5 Å². The van der Waals surface area contributed by atoms with E-state index >= 15 is 0 Å². The molecule has 3 heteroatoms. The fourth-order valence-electron chi connectivity index (χ4n) is 2.86. The lowest BCUT2D eigenvalue weighted by molar-refractivity contribution is 0.111. The summed E-state index contributed by atoms with van der Waals surface area (Å²) in [5.74, 6) is 0. The summed E-state index contributed by atoms with van der Waals surface area (Å²) < 4.78 is 5.77. The molecule has 0 bridgehead atoms. The number of hydrogen-bond donors (Lipinski definition) is 1.